The fourth-order valence-corrected chi connectivity index (χ4v) is 3.14. The number of likely N-dealkylation sites (N-methyl/N-ethyl adjacent to an activating group) is 1. The van der Waals surface area contributed by atoms with E-state index in [9.17, 15) is 4.79 Å². The van der Waals surface area contributed by atoms with Gasteiger partial charge in [0.1, 0.15) is 0 Å². The van der Waals surface area contributed by atoms with Crippen molar-refractivity contribution < 1.29 is 4.79 Å². The van der Waals surface area contributed by atoms with Gasteiger partial charge in [-0.05, 0) is 51.1 Å². The third kappa shape index (κ3) is 4.80. The van der Waals surface area contributed by atoms with Crippen LogP contribution >= 0.6 is 15.9 Å². The molecule has 1 saturated heterocycles. The van der Waals surface area contributed by atoms with E-state index in [1.54, 1.807) is 0 Å². The van der Waals surface area contributed by atoms with Gasteiger partial charge < -0.3 is 10.6 Å². The molecule has 0 saturated carbocycles. The van der Waals surface area contributed by atoms with Crippen molar-refractivity contribution in [2.75, 3.05) is 26.7 Å². The Bertz CT molecular complexity index is 463. The molecule has 21 heavy (non-hydrogen) atoms. The summed E-state index contributed by atoms with van der Waals surface area (Å²) in [4.78, 5) is 14.5. The van der Waals surface area contributed by atoms with Crippen molar-refractivity contribution in [1.82, 2.24) is 15.5 Å². The van der Waals surface area contributed by atoms with Gasteiger partial charge in [0.2, 0.25) is 5.91 Å². The number of rotatable bonds is 6. The van der Waals surface area contributed by atoms with Gasteiger partial charge in [-0.25, -0.2) is 0 Å². The molecule has 1 aromatic rings. The van der Waals surface area contributed by atoms with Gasteiger partial charge in [-0.3, -0.25) is 9.69 Å². The molecule has 1 amide bonds. The van der Waals surface area contributed by atoms with Crippen LogP contribution in [0.25, 0.3) is 0 Å². The molecule has 0 spiro atoms. The van der Waals surface area contributed by atoms with E-state index in [2.05, 4.69) is 31.5 Å². The van der Waals surface area contributed by atoms with Gasteiger partial charge in [-0.15, -0.1) is 0 Å². The summed E-state index contributed by atoms with van der Waals surface area (Å²) in [7, 11) is 1.96. The van der Waals surface area contributed by atoms with Crippen LogP contribution in [0.15, 0.2) is 28.7 Å². The van der Waals surface area contributed by atoms with Crippen LogP contribution in [0.5, 0.6) is 0 Å². The first-order valence-corrected chi connectivity index (χ1v) is 8.33. The van der Waals surface area contributed by atoms with Crippen molar-refractivity contribution in [2.24, 2.45) is 0 Å². The van der Waals surface area contributed by atoms with Crippen LogP contribution < -0.4 is 10.6 Å². The second kappa shape index (κ2) is 7.92. The summed E-state index contributed by atoms with van der Waals surface area (Å²) in [6.07, 6.45) is 2.36. The molecular weight excluding hydrogens is 330 g/mol. The highest BCUT2D eigenvalue weighted by Crippen LogP contribution is 2.18. The van der Waals surface area contributed by atoms with Crippen LogP contribution in [-0.4, -0.2) is 43.5 Å². The summed E-state index contributed by atoms with van der Waals surface area (Å²) < 4.78 is 1.05. The minimum atomic E-state index is 0.0379. The third-order valence-electron chi connectivity index (χ3n) is 4.03. The van der Waals surface area contributed by atoms with Gasteiger partial charge in [0.05, 0.1) is 12.6 Å². The number of benzene rings is 1. The summed E-state index contributed by atoms with van der Waals surface area (Å²) in [5.74, 6) is 0.105. The molecule has 1 aromatic carbocycles. The van der Waals surface area contributed by atoms with Crippen LogP contribution in [0.3, 0.4) is 0 Å². The second-order valence-corrected chi connectivity index (χ2v) is 6.58. The quantitative estimate of drug-likeness (QED) is 0.824. The SMILES string of the molecule is CNCC1CCCN1CC(=O)NC(C)c1ccc(Br)cc1. The van der Waals surface area contributed by atoms with E-state index in [1.807, 2.05) is 38.2 Å². The smallest absolute Gasteiger partial charge is 0.234 e. The first-order valence-electron chi connectivity index (χ1n) is 7.53. The number of amides is 1. The highest BCUT2D eigenvalue weighted by Gasteiger charge is 2.25. The summed E-state index contributed by atoms with van der Waals surface area (Å²) >= 11 is 3.43. The number of hydrogen-bond acceptors (Lipinski definition) is 3. The Morgan fingerprint density at radius 1 is 1.43 bits per heavy atom. The molecule has 0 aromatic heterocycles. The normalized spacial score (nSPS) is 20.4. The molecule has 1 heterocycles. The third-order valence-corrected chi connectivity index (χ3v) is 4.56. The first kappa shape index (κ1) is 16.5. The number of likely N-dealkylation sites (tertiary alicyclic amines) is 1. The minimum absolute atomic E-state index is 0.0379. The zero-order chi connectivity index (χ0) is 15.2. The second-order valence-electron chi connectivity index (χ2n) is 5.66. The molecule has 0 radical (unpaired) electrons. The molecule has 1 fully saturated rings. The van der Waals surface area contributed by atoms with Crippen molar-refractivity contribution in [1.29, 1.82) is 0 Å². The Hall–Kier alpha value is -0.910. The van der Waals surface area contributed by atoms with Crippen molar-refractivity contribution in [3.05, 3.63) is 34.3 Å². The summed E-state index contributed by atoms with van der Waals surface area (Å²) in [6.45, 7) is 4.49. The summed E-state index contributed by atoms with van der Waals surface area (Å²) in [6, 6.07) is 8.60. The fraction of sp³-hybridized carbons (Fsp3) is 0.562. The molecule has 5 heteroatoms. The van der Waals surface area contributed by atoms with Crippen LogP contribution in [0.4, 0.5) is 0 Å². The number of hydrogen-bond donors (Lipinski definition) is 2. The monoisotopic (exact) mass is 353 g/mol. The van der Waals surface area contributed by atoms with Crippen LogP contribution in [0.2, 0.25) is 0 Å². The van der Waals surface area contributed by atoms with E-state index in [0.29, 0.717) is 12.6 Å². The molecular formula is C16H24BrN3O. The van der Waals surface area contributed by atoms with Crippen LogP contribution in [-0.2, 0) is 4.79 Å². The van der Waals surface area contributed by atoms with Crippen molar-refractivity contribution >= 4 is 21.8 Å². The minimum Gasteiger partial charge on any atom is -0.348 e. The van der Waals surface area contributed by atoms with E-state index in [4.69, 9.17) is 0 Å². The fourth-order valence-electron chi connectivity index (χ4n) is 2.88. The van der Waals surface area contributed by atoms with Gasteiger partial charge in [0, 0.05) is 17.1 Å². The van der Waals surface area contributed by atoms with Gasteiger partial charge >= 0.3 is 0 Å². The number of nitrogens with zero attached hydrogens (tertiary/aromatic N) is 1. The lowest BCUT2D eigenvalue weighted by Crippen LogP contribution is -2.43. The standard InChI is InChI=1S/C16H24BrN3O/c1-12(13-5-7-14(17)8-6-13)19-16(21)11-20-9-3-4-15(20)10-18-2/h5-8,12,15,18H,3-4,9-11H2,1-2H3,(H,19,21). The van der Waals surface area contributed by atoms with Gasteiger partial charge in [0.25, 0.3) is 0 Å². The van der Waals surface area contributed by atoms with Crippen LogP contribution in [0, 0.1) is 0 Å². The predicted molar refractivity (Wildman–Crippen MR) is 89.2 cm³/mol. The first-order chi connectivity index (χ1) is 10.1. The van der Waals surface area contributed by atoms with E-state index in [-0.39, 0.29) is 11.9 Å². The van der Waals surface area contributed by atoms with E-state index < -0.39 is 0 Å². The molecule has 2 N–H and O–H groups in total. The van der Waals surface area contributed by atoms with Gasteiger partial charge in [-0.2, -0.15) is 0 Å². The van der Waals surface area contributed by atoms with Gasteiger partial charge in [-0.1, -0.05) is 28.1 Å². The topological polar surface area (TPSA) is 44.4 Å². The Morgan fingerprint density at radius 2 is 2.14 bits per heavy atom. The molecule has 1 aliphatic rings. The number of nitrogens with one attached hydrogen (secondary N) is 2. The average molecular weight is 354 g/mol. The zero-order valence-corrected chi connectivity index (χ0v) is 14.3. The number of halogens is 1. The maximum atomic E-state index is 12.2. The highest BCUT2D eigenvalue weighted by atomic mass is 79.9. The van der Waals surface area contributed by atoms with Crippen LogP contribution in [0.1, 0.15) is 31.4 Å². The maximum Gasteiger partial charge on any atom is 0.234 e. The Kier molecular flexibility index (Phi) is 6.21. The Balaban J connectivity index is 1.85. The molecule has 1 aliphatic heterocycles. The van der Waals surface area contributed by atoms with E-state index in [0.717, 1.165) is 23.1 Å². The zero-order valence-electron chi connectivity index (χ0n) is 12.7. The van der Waals surface area contributed by atoms with Crippen molar-refractivity contribution in [3.63, 3.8) is 0 Å². The summed E-state index contributed by atoms with van der Waals surface area (Å²) in [5, 5.41) is 6.30. The lowest BCUT2D eigenvalue weighted by molar-refractivity contribution is -0.123. The molecule has 116 valence electrons. The van der Waals surface area contributed by atoms with Crippen molar-refractivity contribution in [3.8, 4) is 0 Å². The Labute approximate surface area is 135 Å². The molecule has 4 nitrogen and oxygen atoms in total. The average Bonchev–Trinajstić information content (AvgIpc) is 2.87. The van der Waals surface area contributed by atoms with Crippen molar-refractivity contribution in [2.45, 2.75) is 31.8 Å². The van der Waals surface area contributed by atoms with E-state index >= 15 is 0 Å². The largest absolute Gasteiger partial charge is 0.348 e. The predicted octanol–water partition coefficient (Wildman–Crippen LogP) is 2.31. The lowest BCUT2D eigenvalue weighted by atomic mass is 10.1. The van der Waals surface area contributed by atoms with Gasteiger partial charge in [0.15, 0.2) is 0 Å². The molecule has 2 rings (SSSR count). The number of carbonyl (C=O) groups excluding carboxylic acids is 1. The molecule has 2 unspecified atom stereocenters. The highest BCUT2D eigenvalue weighted by molar-refractivity contribution is 9.10. The maximum absolute atomic E-state index is 12.2. The Morgan fingerprint density at radius 3 is 2.81 bits per heavy atom. The van der Waals surface area contributed by atoms with E-state index in [1.165, 1.54) is 12.8 Å². The molecule has 0 bridgehead atoms. The lowest BCUT2D eigenvalue weighted by Gasteiger charge is -2.24. The summed E-state index contributed by atoms with van der Waals surface area (Å²) in [5.41, 5.74) is 1.12. The molecule has 0 aliphatic carbocycles. The number of carbonyl (C=O) groups is 1. The molecule has 2 atom stereocenters.